The number of rotatable bonds is 5. The topological polar surface area (TPSA) is 63.4 Å². The van der Waals surface area contributed by atoms with Gasteiger partial charge in [0.25, 0.3) is 0 Å². The zero-order chi connectivity index (χ0) is 13.8. The zero-order valence-electron chi connectivity index (χ0n) is 11.3. The summed E-state index contributed by atoms with van der Waals surface area (Å²) in [7, 11) is 0. The molecule has 2 N–H and O–H groups in total. The number of benzene rings is 1. The van der Waals surface area contributed by atoms with E-state index in [4.69, 9.17) is 5.73 Å². The number of amides is 1. The van der Waals surface area contributed by atoms with Crippen LogP contribution in [0.25, 0.3) is 0 Å². The van der Waals surface area contributed by atoms with E-state index in [0.717, 1.165) is 17.5 Å². The Morgan fingerprint density at radius 1 is 1.42 bits per heavy atom. The molecule has 0 saturated carbocycles. The molecule has 1 aromatic carbocycles. The molecule has 19 heavy (non-hydrogen) atoms. The molecule has 1 aliphatic heterocycles. The van der Waals surface area contributed by atoms with Gasteiger partial charge in [-0.05, 0) is 18.4 Å². The second-order valence-electron chi connectivity index (χ2n) is 4.81. The van der Waals surface area contributed by atoms with Crippen molar-refractivity contribution in [2.75, 3.05) is 13.1 Å². The average molecular weight is 260 g/mol. The molecule has 0 spiro atoms. The Balaban J connectivity index is 2.26. The smallest absolute Gasteiger partial charge is 0.223 e. The molecular weight excluding hydrogens is 240 g/mol. The van der Waals surface area contributed by atoms with Crippen LogP contribution in [0.4, 0.5) is 0 Å². The van der Waals surface area contributed by atoms with Gasteiger partial charge in [0, 0.05) is 25.1 Å². The highest BCUT2D eigenvalue weighted by atomic mass is 16.2. The first-order chi connectivity index (χ1) is 9.19. The Bertz CT molecular complexity index is 485. The first kappa shape index (κ1) is 13.7. The molecule has 0 aromatic heterocycles. The number of carbonyl (C=O) groups is 2. The Morgan fingerprint density at radius 2 is 2.16 bits per heavy atom. The predicted molar refractivity (Wildman–Crippen MR) is 73.9 cm³/mol. The quantitative estimate of drug-likeness (QED) is 0.814. The summed E-state index contributed by atoms with van der Waals surface area (Å²) < 4.78 is 0. The number of nitrogens with two attached hydrogens (primary N) is 1. The van der Waals surface area contributed by atoms with Crippen molar-refractivity contribution < 1.29 is 9.59 Å². The van der Waals surface area contributed by atoms with Gasteiger partial charge >= 0.3 is 0 Å². The maximum atomic E-state index is 12.6. The number of ketones is 1. The number of Topliss-reactive ketones (excluding diaryl/α,β-unsaturated/α-hetero) is 1. The van der Waals surface area contributed by atoms with Crippen molar-refractivity contribution in [1.82, 2.24) is 4.90 Å². The fourth-order valence-electron chi connectivity index (χ4n) is 2.67. The number of carbonyl (C=O) groups excluding carboxylic acids is 2. The summed E-state index contributed by atoms with van der Waals surface area (Å²) in [4.78, 5) is 26.0. The molecule has 1 atom stereocenters. The second kappa shape index (κ2) is 5.97. The van der Waals surface area contributed by atoms with E-state index in [-0.39, 0.29) is 17.7 Å². The molecule has 1 aliphatic rings. The second-order valence-corrected chi connectivity index (χ2v) is 4.81. The fraction of sp³-hybridized carbons (Fsp3) is 0.467. The minimum absolute atomic E-state index is 0.0396. The van der Waals surface area contributed by atoms with Crippen LogP contribution >= 0.6 is 0 Å². The van der Waals surface area contributed by atoms with Gasteiger partial charge in [-0.2, -0.15) is 0 Å². The molecule has 1 fully saturated rings. The highest BCUT2D eigenvalue weighted by Crippen LogP contribution is 2.23. The van der Waals surface area contributed by atoms with Crippen molar-refractivity contribution >= 4 is 11.7 Å². The molecule has 1 aromatic rings. The Hall–Kier alpha value is -1.68. The molecule has 1 unspecified atom stereocenters. The maximum absolute atomic E-state index is 12.6. The SMILES string of the molecule is CCc1ccccc1C(=O)C1CCC(=O)N1CCN. The van der Waals surface area contributed by atoms with E-state index in [1.165, 1.54) is 0 Å². The number of hydrogen-bond acceptors (Lipinski definition) is 3. The molecule has 0 aliphatic carbocycles. The number of nitrogens with zero attached hydrogens (tertiary/aromatic N) is 1. The van der Waals surface area contributed by atoms with Crippen LogP contribution in [0.15, 0.2) is 24.3 Å². The van der Waals surface area contributed by atoms with E-state index < -0.39 is 0 Å². The highest BCUT2D eigenvalue weighted by Gasteiger charge is 2.36. The molecule has 1 saturated heterocycles. The summed E-state index contributed by atoms with van der Waals surface area (Å²) in [5.41, 5.74) is 7.31. The van der Waals surface area contributed by atoms with Crippen molar-refractivity contribution in [2.24, 2.45) is 5.73 Å². The van der Waals surface area contributed by atoms with Crippen LogP contribution in [0.1, 0.15) is 35.7 Å². The highest BCUT2D eigenvalue weighted by molar-refractivity contribution is 6.04. The van der Waals surface area contributed by atoms with E-state index in [0.29, 0.717) is 25.9 Å². The maximum Gasteiger partial charge on any atom is 0.223 e. The molecular formula is C15H20N2O2. The van der Waals surface area contributed by atoms with Crippen LogP contribution in [-0.4, -0.2) is 35.7 Å². The summed E-state index contributed by atoms with van der Waals surface area (Å²) in [6.07, 6.45) is 1.87. The van der Waals surface area contributed by atoms with Crippen LogP contribution in [0.5, 0.6) is 0 Å². The minimum Gasteiger partial charge on any atom is -0.331 e. The van der Waals surface area contributed by atoms with Crippen LogP contribution in [0.2, 0.25) is 0 Å². The number of aryl methyl sites for hydroxylation is 1. The van der Waals surface area contributed by atoms with Crippen LogP contribution in [-0.2, 0) is 11.2 Å². The van der Waals surface area contributed by atoms with E-state index in [9.17, 15) is 9.59 Å². The van der Waals surface area contributed by atoms with E-state index >= 15 is 0 Å². The van der Waals surface area contributed by atoms with Gasteiger partial charge in [-0.15, -0.1) is 0 Å². The summed E-state index contributed by atoms with van der Waals surface area (Å²) >= 11 is 0. The lowest BCUT2D eigenvalue weighted by Gasteiger charge is -2.23. The Morgan fingerprint density at radius 3 is 2.84 bits per heavy atom. The zero-order valence-corrected chi connectivity index (χ0v) is 11.3. The van der Waals surface area contributed by atoms with Crippen LogP contribution in [0, 0.1) is 0 Å². The van der Waals surface area contributed by atoms with Crippen molar-refractivity contribution in [3.05, 3.63) is 35.4 Å². The monoisotopic (exact) mass is 260 g/mol. The summed E-state index contributed by atoms with van der Waals surface area (Å²) in [6, 6.07) is 7.30. The lowest BCUT2D eigenvalue weighted by molar-refractivity contribution is -0.128. The molecule has 4 nitrogen and oxygen atoms in total. The fourth-order valence-corrected chi connectivity index (χ4v) is 2.67. The van der Waals surface area contributed by atoms with Gasteiger partial charge < -0.3 is 10.6 Å². The van der Waals surface area contributed by atoms with Gasteiger partial charge in [-0.1, -0.05) is 31.2 Å². The van der Waals surface area contributed by atoms with Crippen molar-refractivity contribution in [3.63, 3.8) is 0 Å². The summed E-state index contributed by atoms with van der Waals surface area (Å²) in [6.45, 7) is 2.89. The molecule has 102 valence electrons. The molecule has 4 heteroatoms. The average Bonchev–Trinajstić information content (AvgIpc) is 2.80. The van der Waals surface area contributed by atoms with Crippen molar-refractivity contribution in [3.8, 4) is 0 Å². The van der Waals surface area contributed by atoms with Crippen molar-refractivity contribution in [1.29, 1.82) is 0 Å². The standard InChI is InChI=1S/C15H20N2O2/c1-2-11-5-3-4-6-12(11)15(19)13-7-8-14(18)17(13)10-9-16/h3-6,13H,2,7-10,16H2,1H3. The molecule has 1 amide bonds. The first-order valence-corrected chi connectivity index (χ1v) is 6.80. The van der Waals surface area contributed by atoms with Gasteiger partial charge in [-0.25, -0.2) is 0 Å². The van der Waals surface area contributed by atoms with Gasteiger partial charge in [0.1, 0.15) is 0 Å². The van der Waals surface area contributed by atoms with E-state index in [1.807, 2.05) is 31.2 Å². The Labute approximate surface area is 113 Å². The van der Waals surface area contributed by atoms with Gasteiger partial charge in [-0.3, -0.25) is 9.59 Å². The summed E-state index contributed by atoms with van der Waals surface area (Å²) in [5.74, 6) is 0.0922. The van der Waals surface area contributed by atoms with Gasteiger partial charge in [0.2, 0.25) is 5.91 Å². The van der Waals surface area contributed by atoms with E-state index in [2.05, 4.69) is 0 Å². The lowest BCUT2D eigenvalue weighted by atomic mass is 9.96. The third-order valence-electron chi connectivity index (χ3n) is 3.66. The Kier molecular flexibility index (Phi) is 4.32. The minimum atomic E-state index is -0.330. The number of hydrogen-bond donors (Lipinski definition) is 1. The van der Waals surface area contributed by atoms with Crippen molar-refractivity contribution in [2.45, 2.75) is 32.2 Å². The predicted octanol–water partition coefficient (Wildman–Crippen LogP) is 1.38. The van der Waals surface area contributed by atoms with E-state index in [1.54, 1.807) is 4.90 Å². The normalized spacial score (nSPS) is 18.9. The molecule has 2 rings (SSSR count). The van der Waals surface area contributed by atoms with Crippen LogP contribution < -0.4 is 5.73 Å². The lowest BCUT2D eigenvalue weighted by Crippen LogP contribution is -2.41. The molecule has 1 heterocycles. The summed E-state index contributed by atoms with van der Waals surface area (Å²) in [5, 5.41) is 0. The first-order valence-electron chi connectivity index (χ1n) is 6.80. The third-order valence-corrected chi connectivity index (χ3v) is 3.66. The molecule has 0 bridgehead atoms. The largest absolute Gasteiger partial charge is 0.331 e. The number of likely N-dealkylation sites (tertiary alicyclic amines) is 1. The third kappa shape index (κ3) is 2.68. The molecule has 0 radical (unpaired) electrons. The van der Waals surface area contributed by atoms with Crippen LogP contribution in [0.3, 0.4) is 0 Å². The van der Waals surface area contributed by atoms with Gasteiger partial charge in [0.15, 0.2) is 5.78 Å². The van der Waals surface area contributed by atoms with Gasteiger partial charge in [0.05, 0.1) is 6.04 Å².